The highest BCUT2D eigenvalue weighted by Gasteiger charge is 2.05. The van der Waals surface area contributed by atoms with Gasteiger partial charge in [0.25, 0.3) is 0 Å². The molecular weight excluding hydrogens is 148 g/mol. The second kappa shape index (κ2) is 4.02. The molecule has 0 aliphatic rings. The lowest BCUT2D eigenvalue weighted by Crippen LogP contribution is -2.09. The Kier molecular flexibility index (Phi) is 3.00. The van der Waals surface area contributed by atoms with Crippen LogP contribution in [-0.4, -0.2) is 4.98 Å². The fraction of sp³-hybridized carbons (Fsp3) is 0.300. The van der Waals surface area contributed by atoms with Gasteiger partial charge in [0.05, 0.1) is 0 Å². The van der Waals surface area contributed by atoms with E-state index < -0.39 is 0 Å². The van der Waals surface area contributed by atoms with E-state index in [-0.39, 0.29) is 6.04 Å². The first kappa shape index (κ1) is 8.94. The Labute approximate surface area is 73.1 Å². The third-order valence-corrected chi connectivity index (χ3v) is 1.94. The molecular formula is C10H14N2. The first-order chi connectivity index (χ1) is 5.79. The molecule has 0 unspecified atom stereocenters. The SMILES string of the molecule is C=C[C@H](N)c1cnccc1CC. The largest absolute Gasteiger partial charge is 0.321 e. The van der Waals surface area contributed by atoms with E-state index in [1.807, 2.05) is 12.3 Å². The predicted molar refractivity (Wildman–Crippen MR) is 50.7 cm³/mol. The van der Waals surface area contributed by atoms with Crippen LogP contribution in [0.1, 0.15) is 24.1 Å². The fourth-order valence-corrected chi connectivity index (χ4v) is 1.18. The minimum Gasteiger partial charge on any atom is -0.321 e. The molecule has 0 aliphatic heterocycles. The molecule has 0 aromatic carbocycles. The van der Waals surface area contributed by atoms with Gasteiger partial charge >= 0.3 is 0 Å². The molecule has 2 nitrogen and oxygen atoms in total. The van der Waals surface area contributed by atoms with E-state index in [0.29, 0.717) is 0 Å². The molecule has 0 saturated carbocycles. The van der Waals surface area contributed by atoms with Gasteiger partial charge in [-0.25, -0.2) is 0 Å². The molecule has 1 atom stereocenters. The van der Waals surface area contributed by atoms with Crippen molar-refractivity contribution in [3.8, 4) is 0 Å². The van der Waals surface area contributed by atoms with E-state index in [9.17, 15) is 0 Å². The minimum absolute atomic E-state index is 0.0892. The molecule has 1 rings (SSSR count). The Morgan fingerprint density at radius 1 is 1.75 bits per heavy atom. The third-order valence-electron chi connectivity index (χ3n) is 1.94. The molecule has 64 valence electrons. The van der Waals surface area contributed by atoms with Crippen molar-refractivity contribution in [3.05, 3.63) is 42.2 Å². The molecule has 0 aliphatic carbocycles. The average Bonchev–Trinajstić information content (AvgIpc) is 2.16. The summed E-state index contributed by atoms with van der Waals surface area (Å²) in [5.74, 6) is 0. The predicted octanol–water partition coefficient (Wildman–Crippen LogP) is 1.83. The van der Waals surface area contributed by atoms with Crippen LogP contribution < -0.4 is 5.73 Å². The molecule has 0 saturated heterocycles. The molecule has 1 heterocycles. The quantitative estimate of drug-likeness (QED) is 0.689. The zero-order chi connectivity index (χ0) is 8.97. The normalized spacial score (nSPS) is 12.5. The number of hydrogen-bond donors (Lipinski definition) is 1. The van der Waals surface area contributed by atoms with Crippen LogP contribution in [0.3, 0.4) is 0 Å². The summed E-state index contributed by atoms with van der Waals surface area (Å²) in [6, 6.07) is 1.91. The summed E-state index contributed by atoms with van der Waals surface area (Å²) in [4.78, 5) is 4.03. The van der Waals surface area contributed by atoms with E-state index in [2.05, 4.69) is 18.5 Å². The highest BCUT2D eigenvalue weighted by Crippen LogP contribution is 2.15. The maximum absolute atomic E-state index is 5.81. The monoisotopic (exact) mass is 162 g/mol. The maximum Gasteiger partial charge on any atom is 0.0496 e. The number of rotatable bonds is 3. The third kappa shape index (κ3) is 1.71. The number of aromatic nitrogens is 1. The maximum atomic E-state index is 5.81. The fourth-order valence-electron chi connectivity index (χ4n) is 1.18. The highest BCUT2D eigenvalue weighted by atomic mass is 14.7. The van der Waals surface area contributed by atoms with Gasteiger partial charge in [-0.2, -0.15) is 0 Å². The van der Waals surface area contributed by atoms with E-state index in [1.165, 1.54) is 5.56 Å². The van der Waals surface area contributed by atoms with E-state index in [0.717, 1.165) is 12.0 Å². The van der Waals surface area contributed by atoms with Gasteiger partial charge in [-0.05, 0) is 23.6 Å². The molecule has 1 aromatic heterocycles. The highest BCUT2D eigenvalue weighted by molar-refractivity contribution is 5.28. The van der Waals surface area contributed by atoms with Crippen LogP contribution in [0.4, 0.5) is 0 Å². The zero-order valence-electron chi connectivity index (χ0n) is 7.33. The summed E-state index contributed by atoms with van der Waals surface area (Å²) in [7, 11) is 0. The Balaban J connectivity index is 3.04. The Bertz CT molecular complexity index is 268. The van der Waals surface area contributed by atoms with Crippen LogP contribution in [0, 0.1) is 0 Å². The summed E-state index contributed by atoms with van der Waals surface area (Å²) in [5, 5.41) is 0. The van der Waals surface area contributed by atoms with Crippen molar-refractivity contribution in [3.63, 3.8) is 0 Å². The second-order valence-electron chi connectivity index (χ2n) is 2.69. The van der Waals surface area contributed by atoms with E-state index in [4.69, 9.17) is 5.73 Å². The molecule has 2 heteroatoms. The van der Waals surface area contributed by atoms with Gasteiger partial charge < -0.3 is 5.73 Å². The Morgan fingerprint density at radius 2 is 2.50 bits per heavy atom. The molecule has 0 amide bonds. The Hall–Kier alpha value is -1.15. The molecule has 1 aromatic rings. The number of hydrogen-bond acceptors (Lipinski definition) is 2. The van der Waals surface area contributed by atoms with Gasteiger partial charge in [-0.1, -0.05) is 13.0 Å². The van der Waals surface area contributed by atoms with Crippen molar-refractivity contribution >= 4 is 0 Å². The van der Waals surface area contributed by atoms with Gasteiger partial charge in [0.2, 0.25) is 0 Å². The van der Waals surface area contributed by atoms with Crippen LogP contribution in [0.25, 0.3) is 0 Å². The number of aryl methyl sites for hydroxylation is 1. The van der Waals surface area contributed by atoms with Crippen molar-refractivity contribution in [2.75, 3.05) is 0 Å². The lowest BCUT2D eigenvalue weighted by atomic mass is 10.0. The lowest BCUT2D eigenvalue weighted by Gasteiger charge is -2.10. The molecule has 0 fully saturated rings. The van der Waals surface area contributed by atoms with Gasteiger partial charge in [0.15, 0.2) is 0 Å². The summed E-state index contributed by atoms with van der Waals surface area (Å²) >= 11 is 0. The van der Waals surface area contributed by atoms with Crippen molar-refractivity contribution in [2.24, 2.45) is 5.73 Å². The standard InChI is InChI=1S/C10H14N2/c1-3-8-5-6-12-7-9(8)10(11)4-2/h4-7,10H,2-3,11H2,1H3/t10-/m0/s1. The lowest BCUT2D eigenvalue weighted by molar-refractivity contribution is 0.874. The molecule has 2 N–H and O–H groups in total. The molecule has 0 bridgehead atoms. The summed E-state index contributed by atoms with van der Waals surface area (Å²) in [5.41, 5.74) is 8.14. The van der Waals surface area contributed by atoms with Crippen molar-refractivity contribution in [2.45, 2.75) is 19.4 Å². The molecule has 0 spiro atoms. The summed E-state index contributed by atoms with van der Waals surface area (Å²) < 4.78 is 0. The van der Waals surface area contributed by atoms with Crippen LogP contribution in [0.15, 0.2) is 31.1 Å². The van der Waals surface area contributed by atoms with Gasteiger partial charge in [-0.3, -0.25) is 4.98 Å². The first-order valence-corrected chi connectivity index (χ1v) is 4.10. The summed E-state index contributed by atoms with van der Waals surface area (Å²) in [6.45, 7) is 5.77. The number of nitrogens with zero attached hydrogens (tertiary/aromatic N) is 1. The van der Waals surface area contributed by atoms with Crippen molar-refractivity contribution in [1.29, 1.82) is 0 Å². The first-order valence-electron chi connectivity index (χ1n) is 4.10. The average molecular weight is 162 g/mol. The van der Waals surface area contributed by atoms with Crippen LogP contribution in [0.5, 0.6) is 0 Å². The minimum atomic E-state index is -0.0892. The van der Waals surface area contributed by atoms with Gasteiger partial charge in [0.1, 0.15) is 0 Å². The van der Waals surface area contributed by atoms with Crippen LogP contribution in [0.2, 0.25) is 0 Å². The summed E-state index contributed by atoms with van der Waals surface area (Å²) in [6.07, 6.45) is 6.32. The number of nitrogens with two attached hydrogens (primary N) is 1. The molecule has 12 heavy (non-hydrogen) atoms. The second-order valence-corrected chi connectivity index (χ2v) is 2.69. The van der Waals surface area contributed by atoms with E-state index >= 15 is 0 Å². The van der Waals surface area contributed by atoms with Crippen molar-refractivity contribution < 1.29 is 0 Å². The van der Waals surface area contributed by atoms with E-state index in [1.54, 1.807) is 12.3 Å². The smallest absolute Gasteiger partial charge is 0.0496 e. The van der Waals surface area contributed by atoms with Crippen LogP contribution >= 0.6 is 0 Å². The molecule has 0 radical (unpaired) electrons. The van der Waals surface area contributed by atoms with Crippen LogP contribution in [-0.2, 0) is 6.42 Å². The Morgan fingerprint density at radius 3 is 3.08 bits per heavy atom. The zero-order valence-corrected chi connectivity index (χ0v) is 7.33. The van der Waals surface area contributed by atoms with Gasteiger partial charge in [0, 0.05) is 18.4 Å². The number of pyridine rings is 1. The van der Waals surface area contributed by atoms with Gasteiger partial charge in [-0.15, -0.1) is 6.58 Å². The van der Waals surface area contributed by atoms with Crippen molar-refractivity contribution in [1.82, 2.24) is 4.98 Å². The topological polar surface area (TPSA) is 38.9 Å².